The first-order valence-corrected chi connectivity index (χ1v) is 8.89. The minimum atomic E-state index is -5.01. The monoisotopic (exact) mass is 410 g/mol. The molecule has 0 bridgehead atoms. The molecule has 1 aromatic heterocycles. The number of nitrogens with one attached hydrogen (secondary N) is 1. The number of carbonyl (C=O) groups excluding carboxylic acids is 3. The van der Waals surface area contributed by atoms with Crippen molar-refractivity contribution in [3.05, 3.63) is 11.1 Å². The Balaban J connectivity index is 2.71. The number of aromatic nitrogens is 1. The van der Waals surface area contributed by atoms with Gasteiger partial charge in [0.1, 0.15) is 12.2 Å². The Morgan fingerprint density at radius 3 is 2.48 bits per heavy atom. The van der Waals surface area contributed by atoms with Gasteiger partial charge in [0, 0.05) is 11.8 Å². The molecule has 27 heavy (non-hydrogen) atoms. The zero-order valence-electron chi connectivity index (χ0n) is 15.1. The summed E-state index contributed by atoms with van der Waals surface area (Å²) < 4.78 is 41.1. The molecule has 152 valence electrons. The van der Waals surface area contributed by atoms with Gasteiger partial charge < -0.3 is 9.84 Å². The standard InChI is InChI=1S/C16H21F3N2O5S/c1-9(2)15(25,7-11(22)6-12(23)26-3)5-4-10-8-27-14(20-10)21-13(24)16(17,18)19/h8-9,25H,4-7H2,1-3H3,(H,20,21,24). The van der Waals surface area contributed by atoms with E-state index in [1.807, 2.05) is 0 Å². The Hall–Kier alpha value is -2.01. The zero-order chi connectivity index (χ0) is 20.8. The van der Waals surface area contributed by atoms with Crippen LogP contribution in [0.2, 0.25) is 0 Å². The first kappa shape index (κ1) is 23.0. The number of anilines is 1. The molecule has 0 saturated heterocycles. The molecule has 1 unspecified atom stereocenters. The van der Waals surface area contributed by atoms with Crippen LogP contribution >= 0.6 is 11.3 Å². The fourth-order valence-corrected chi connectivity index (χ4v) is 2.95. The van der Waals surface area contributed by atoms with Gasteiger partial charge in [-0.3, -0.25) is 19.7 Å². The van der Waals surface area contributed by atoms with Crippen molar-refractivity contribution in [1.29, 1.82) is 0 Å². The maximum atomic E-state index is 12.2. The number of alkyl halides is 3. The third kappa shape index (κ3) is 7.25. The van der Waals surface area contributed by atoms with Crippen LogP contribution in [0, 0.1) is 5.92 Å². The lowest BCUT2D eigenvalue weighted by atomic mass is 9.81. The van der Waals surface area contributed by atoms with Gasteiger partial charge in [-0.05, 0) is 18.8 Å². The van der Waals surface area contributed by atoms with E-state index in [4.69, 9.17) is 0 Å². The number of aryl methyl sites for hydroxylation is 1. The van der Waals surface area contributed by atoms with Crippen molar-refractivity contribution in [2.45, 2.75) is 51.3 Å². The van der Waals surface area contributed by atoms with E-state index in [1.54, 1.807) is 19.2 Å². The third-order valence-corrected chi connectivity index (χ3v) is 4.80. The fourth-order valence-electron chi connectivity index (χ4n) is 2.21. The van der Waals surface area contributed by atoms with E-state index < -0.39 is 35.9 Å². The van der Waals surface area contributed by atoms with Gasteiger partial charge in [0.2, 0.25) is 0 Å². The molecule has 1 amide bonds. The average Bonchev–Trinajstić information content (AvgIpc) is 2.99. The number of ether oxygens (including phenoxy) is 1. The second-order valence-corrected chi connectivity index (χ2v) is 7.18. The molecule has 0 aliphatic rings. The molecule has 0 aromatic carbocycles. The van der Waals surface area contributed by atoms with E-state index in [2.05, 4.69) is 9.72 Å². The summed E-state index contributed by atoms with van der Waals surface area (Å²) >= 11 is 0.825. The number of rotatable bonds is 9. The summed E-state index contributed by atoms with van der Waals surface area (Å²) in [6.07, 6.45) is -5.44. The molecule has 0 radical (unpaired) electrons. The van der Waals surface area contributed by atoms with Crippen molar-refractivity contribution < 1.29 is 37.4 Å². The second-order valence-electron chi connectivity index (χ2n) is 6.32. The Bertz CT molecular complexity index is 690. The van der Waals surface area contributed by atoms with Crippen LogP contribution in [0.25, 0.3) is 0 Å². The fraction of sp³-hybridized carbons (Fsp3) is 0.625. The number of Topliss-reactive ketones (excluding diaryl/α,β-unsaturated/α-hetero) is 1. The highest BCUT2D eigenvalue weighted by Gasteiger charge is 2.39. The van der Waals surface area contributed by atoms with E-state index in [1.165, 1.54) is 5.38 Å². The summed E-state index contributed by atoms with van der Waals surface area (Å²) in [6.45, 7) is 3.42. The molecule has 0 spiro atoms. The van der Waals surface area contributed by atoms with Crippen LogP contribution < -0.4 is 5.32 Å². The summed E-state index contributed by atoms with van der Waals surface area (Å²) in [5, 5.41) is 13.7. The quantitative estimate of drug-likeness (QED) is 0.479. The molecule has 0 aliphatic carbocycles. The molecule has 1 rings (SSSR count). The van der Waals surface area contributed by atoms with Gasteiger partial charge in [0.25, 0.3) is 0 Å². The highest BCUT2D eigenvalue weighted by atomic mass is 32.1. The highest BCUT2D eigenvalue weighted by Crippen LogP contribution is 2.29. The number of esters is 1. The van der Waals surface area contributed by atoms with E-state index in [0.717, 1.165) is 18.4 Å². The number of nitrogens with zero attached hydrogens (tertiary/aromatic N) is 1. The topological polar surface area (TPSA) is 106 Å². The summed E-state index contributed by atoms with van der Waals surface area (Å²) in [5.41, 5.74) is -1.04. The highest BCUT2D eigenvalue weighted by molar-refractivity contribution is 7.13. The smallest absolute Gasteiger partial charge is 0.469 e. The van der Waals surface area contributed by atoms with Gasteiger partial charge in [-0.15, -0.1) is 11.3 Å². The van der Waals surface area contributed by atoms with Crippen LogP contribution in [0.3, 0.4) is 0 Å². The van der Waals surface area contributed by atoms with Crippen molar-refractivity contribution in [3.8, 4) is 0 Å². The Morgan fingerprint density at radius 1 is 1.33 bits per heavy atom. The SMILES string of the molecule is COC(=O)CC(=O)CC(O)(CCc1csc(NC(=O)C(F)(F)F)n1)C(C)C. The van der Waals surface area contributed by atoms with Gasteiger partial charge in [-0.25, -0.2) is 4.98 Å². The molecule has 1 atom stereocenters. The largest absolute Gasteiger partial charge is 0.471 e. The number of hydrogen-bond acceptors (Lipinski definition) is 7. The molecule has 7 nitrogen and oxygen atoms in total. The van der Waals surface area contributed by atoms with E-state index in [9.17, 15) is 32.7 Å². The summed E-state index contributed by atoms with van der Waals surface area (Å²) in [6, 6.07) is 0. The zero-order valence-corrected chi connectivity index (χ0v) is 15.9. The van der Waals surface area contributed by atoms with E-state index >= 15 is 0 Å². The number of methoxy groups -OCH3 is 1. The van der Waals surface area contributed by atoms with Crippen LogP contribution in [0.15, 0.2) is 5.38 Å². The Morgan fingerprint density at radius 2 is 1.96 bits per heavy atom. The lowest BCUT2D eigenvalue weighted by Crippen LogP contribution is -2.38. The van der Waals surface area contributed by atoms with E-state index in [-0.39, 0.29) is 30.3 Å². The number of amides is 1. The second kappa shape index (κ2) is 9.27. The van der Waals surface area contributed by atoms with Gasteiger partial charge in [0.15, 0.2) is 5.13 Å². The van der Waals surface area contributed by atoms with Crippen molar-refractivity contribution in [2.75, 3.05) is 12.4 Å². The molecular formula is C16H21F3N2O5S. The van der Waals surface area contributed by atoms with Crippen molar-refractivity contribution in [2.24, 2.45) is 5.92 Å². The summed E-state index contributed by atoms with van der Waals surface area (Å²) in [4.78, 5) is 37.9. The van der Waals surface area contributed by atoms with Crippen molar-refractivity contribution >= 4 is 34.1 Å². The molecule has 0 aliphatic heterocycles. The molecule has 0 fully saturated rings. The number of carbonyl (C=O) groups is 3. The first-order chi connectivity index (χ1) is 12.4. The predicted molar refractivity (Wildman–Crippen MR) is 91.2 cm³/mol. The normalized spacial score (nSPS) is 13.9. The van der Waals surface area contributed by atoms with Crippen LogP contribution in [-0.4, -0.2) is 46.6 Å². The number of ketones is 1. The van der Waals surface area contributed by atoms with Crippen molar-refractivity contribution in [3.63, 3.8) is 0 Å². The summed E-state index contributed by atoms with van der Waals surface area (Å²) in [7, 11) is 1.15. The number of aliphatic hydroxyl groups is 1. The van der Waals surface area contributed by atoms with Gasteiger partial charge in [0.05, 0.1) is 18.4 Å². The first-order valence-electron chi connectivity index (χ1n) is 8.01. The van der Waals surface area contributed by atoms with Crippen molar-refractivity contribution in [1.82, 2.24) is 4.98 Å². The molecule has 1 aromatic rings. The van der Waals surface area contributed by atoms with Crippen LogP contribution in [0.1, 0.15) is 38.8 Å². The maximum absolute atomic E-state index is 12.2. The summed E-state index contributed by atoms with van der Waals surface area (Å²) in [5.74, 6) is -3.61. The predicted octanol–water partition coefficient (Wildman–Crippen LogP) is 2.49. The van der Waals surface area contributed by atoms with Crippen LogP contribution in [0.4, 0.5) is 18.3 Å². The van der Waals surface area contributed by atoms with E-state index in [0.29, 0.717) is 5.69 Å². The molecule has 11 heteroatoms. The van der Waals surface area contributed by atoms with Gasteiger partial charge in [-0.2, -0.15) is 13.2 Å². The van der Waals surface area contributed by atoms with Crippen LogP contribution in [-0.2, 0) is 25.5 Å². The van der Waals surface area contributed by atoms with Gasteiger partial charge in [-0.1, -0.05) is 13.8 Å². The molecule has 2 N–H and O–H groups in total. The lowest BCUT2D eigenvalue weighted by Gasteiger charge is -2.31. The minimum absolute atomic E-state index is 0.105. The molecule has 1 heterocycles. The molecular weight excluding hydrogens is 389 g/mol. The molecule has 0 saturated carbocycles. The third-order valence-electron chi connectivity index (χ3n) is 3.99. The minimum Gasteiger partial charge on any atom is -0.469 e. The number of halogens is 3. The number of hydrogen-bond donors (Lipinski definition) is 2. The maximum Gasteiger partial charge on any atom is 0.471 e. The number of thiazole rings is 1. The van der Waals surface area contributed by atoms with Gasteiger partial charge >= 0.3 is 18.1 Å². The van der Waals surface area contributed by atoms with Crippen LogP contribution in [0.5, 0.6) is 0 Å². The Kier molecular flexibility index (Phi) is 7.90. The lowest BCUT2D eigenvalue weighted by molar-refractivity contribution is -0.167. The Labute approximate surface area is 157 Å². The average molecular weight is 410 g/mol.